The normalized spacial score (nSPS) is 11.6. The van der Waals surface area contributed by atoms with Crippen LogP contribution in [0.2, 0.25) is 0 Å². The lowest BCUT2D eigenvalue weighted by atomic mass is 10.2. The predicted octanol–water partition coefficient (Wildman–Crippen LogP) is -0.0813. The fourth-order valence-electron chi connectivity index (χ4n) is 0.964. The number of carboxylic acids is 2. The third-order valence-electron chi connectivity index (χ3n) is 1.95. The van der Waals surface area contributed by atoms with Crippen LogP contribution in [0.3, 0.4) is 0 Å². The summed E-state index contributed by atoms with van der Waals surface area (Å²) in [5.74, 6) is -1.91. The first kappa shape index (κ1) is 15.6. The first-order chi connectivity index (χ1) is 7.88. The van der Waals surface area contributed by atoms with E-state index in [0.717, 1.165) is 5.75 Å². The lowest BCUT2D eigenvalue weighted by Gasteiger charge is -2.20. The van der Waals surface area contributed by atoms with Crippen LogP contribution >= 0.6 is 11.8 Å². The van der Waals surface area contributed by atoms with Gasteiger partial charge in [0.1, 0.15) is 6.04 Å². The highest BCUT2D eigenvalue weighted by Gasteiger charge is 2.24. The minimum absolute atomic E-state index is 0.465. The molecule has 0 aromatic rings. The van der Waals surface area contributed by atoms with E-state index in [1.165, 1.54) is 11.9 Å². The van der Waals surface area contributed by atoms with E-state index in [1.54, 1.807) is 11.8 Å². The van der Waals surface area contributed by atoms with Crippen LogP contribution in [-0.2, 0) is 9.59 Å². The Labute approximate surface area is 103 Å². The van der Waals surface area contributed by atoms with Gasteiger partial charge in [0.2, 0.25) is 0 Å². The summed E-state index contributed by atoms with van der Waals surface area (Å²) in [4.78, 5) is 33.9. The molecule has 7 nitrogen and oxygen atoms in total. The quantitative estimate of drug-likeness (QED) is 0.593. The summed E-state index contributed by atoms with van der Waals surface area (Å²) in [6, 6.07) is -2.00. The maximum Gasteiger partial charge on any atom is 0.326 e. The van der Waals surface area contributed by atoms with Gasteiger partial charge < -0.3 is 20.4 Å². The highest BCUT2D eigenvalue weighted by atomic mass is 32.2. The molecule has 17 heavy (non-hydrogen) atoms. The molecule has 3 N–H and O–H groups in total. The van der Waals surface area contributed by atoms with Crippen molar-refractivity contribution in [2.24, 2.45) is 0 Å². The molecule has 0 rings (SSSR count). The molecule has 8 heteroatoms. The number of hydrogen-bond acceptors (Lipinski definition) is 4. The van der Waals surface area contributed by atoms with Gasteiger partial charge in [-0.2, -0.15) is 11.8 Å². The molecule has 0 aliphatic heterocycles. The van der Waals surface area contributed by atoms with Crippen LogP contribution in [0.1, 0.15) is 6.42 Å². The fraction of sp³-hybridized carbons (Fsp3) is 0.667. The molecule has 0 aliphatic rings. The molecule has 1 atom stereocenters. The molecule has 2 amide bonds. The van der Waals surface area contributed by atoms with Crippen LogP contribution in [0, 0.1) is 0 Å². The minimum atomic E-state index is -1.41. The number of urea groups is 1. The molecular weight excluding hydrogens is 248 g/mol. The minimum Gasteiger partial charge on any atom is -0.481 e. The average molecular weight is 264 g/mol. The molecule has 0 aliphatic carbocycles. The van der Waals surface area contributed by atoms with Gasteiger partial charge in [-0.3, -0.25) is 4.79 Å². The Morgan fingerprint density at radius 1 is 1.35 bits per heavy atom. The van der Waals surface area contributed by atoms with Crippen molar-refractivity contribution in [3.8, 4) is 0 Å². The van der Waals surface area contributed by atoms with E-state index in [9.17, 15) is 14.4 Å². The monoisotopic (exact) mass is 264 g/mol. The number of carboxylic acid groups (broad SMARTS) is 2. The van der Waals surface area contributed by atoms with Crippen LogP contribution in [0.15, 0.2) is 0 Å². The van der Waals surface area contributed by atoms with E-state index in [0.29, 0.717) is 6.54 Å². The van der Waals surface area contributed by atoms with Gasteiger partial charge in [0.25, 0.3) is 0 Å². The van der Waals surface area contributed by atoms with Crippen molar-refractivity contribution in [1.82, 2.24) is 10.2 Å². The van der Waals surface area contributed by atoms with Gasteiger partial charge in [-0.05, 0) is 6.26 Å². The number of rotatable bonds is 7. The van der Waals surface area contributed by atoms with Gasteiger partial charge in [0, 0.05) is 19.3 Å². The second kappa shape index (κ2) is 7.77. The topological polar surface area (TPSA) is 107 Å². The van der Waals surface area contributed by atoms with E-state index in [4.69, 9.17) is 10.2 Å². The maximum absolute atomic E-state index is 11.5. The number of hydrogen-bond donors (Lipinski definition) is 3. The van der Waals surface area contributed by atoms with Crippen molar-refractivity contribution in [1.29, 1.82) is 0 Å². The molecule has 0 bridgehead atoms. The number of nitrogens with zero attached hydrogens (tertiary/aromatic N) is 1. The molecule has 0 saturated heterocycles. The molecule has 0 aromatic heterocycles. The Balaban J connectivity index is 4.29. The zero-order chi connectivity index (χ0) is 13.4. The maximum atomic E-state index is 11.5. The number of amides is 2. The van der Waals surface area contributed by atoms with Gasteiger partial charge in [-0.1, -0.05) is 0 Å². The van der Waals surface area contributed by atoms with Gasteiger partial charge >= 0.3 is 18.0 Å². The van der Waals surface area contributed by atoms with Crippen molar-refractivity contribution >= 4 is 29.7 Å². The zero-order valence-electron chi connectivity index (χ0n) is 9.67. The van der Waals surface area contributed by atoms with Crippen LogP contribution in [0.4, 0.5) is 4.79 Å². The number of nitrogens with one attached hydrogen (secondary N) is 1. The van der Waals surface area contributed by atoms with Crippen molar-refractivity contribution in [3.05, 3.63) is 0 Å². The summed E-state index contributed by atoms with van der Waals surface area (Å²) in [6.07, 6.45) is 1.24. The SMILES string of the molecule is CSCCN(C)C(=O)N[C@H](CC(=O)O)C(=O)O. The third kappa shape index (κ3) is 6.67. The first-order valence-electron chi connectivity index (χ1n) is 4.83. The number of thioether (sulfide) groups is 1. The zero-order valence-corrected chi connectivity index (χ0v) is 10.5. The van der Waals surface area contributed by atoms with Gasteiger partial charge in [-0.15, -0.1) is 0 Å². The number of aliphatic carboxylic acids is 2. The average Bonchev–Trinajstić information content (AvgIpc) is 2.23. The summed E-state index contributed by atoms with van der Waals surface area (Å²) in [6.45, 7) is 0.465. The first-order valence-corrected chi connectivity index (χ1v) is 6.23. The Morgan fingerprint density at radius 3 is 2.35 bits per heavy atom. The van der Waals surface area contributed by atoms with E-state index in [1.807, 2.05) is 6.26 Å². The molecule has 98 valence electrons. The molecule has 0 heterocycles. The molecule has 0 saturated carbocycles. The smallest absolute Gasteiger partial charge is 0.326 e. The van der Waals surface area contributed by atoms with Crippen molar-refractivity contribution in [2.75, 3.05) is 25.6 Å². The number of carbonyl (C=O) groups is 3. The van der Waals surface area contributed by atoms with Crippen LogP contribution < -0.4 is 5.32 Å². The highest BCUT2D eigenvalue weighted by molar-refractivity contribution is 7.98. The van der Waals surface area contributed by atoms with Crippen molar-refractivity contribution < 1.29 is 24.6 Å². The summed E-state index contributed by atoms with van der Waals surface area (Å²) in [7, 11) is 1.52. The molecule has 0 aromatic carbocycles. The second-order valence-electron chi connectivity index (χ2n) is 3.35. The lowest BCUT2D eigenvalue weighted by molar-refractivity contribution is -0.145. The Bertz CT molecular complexity index is 297. The molecule has 0 unspecified atom stereocenters. The van der Waals surface area contributed by atoms with Crippen molar-refractivity contribution in [3.63, 3.8) is 0 Å². The van der Waals surface area contributed by atoms with E-state index >= 15 is 0 Å². The van der Waals surface area contributed by atoms with Crippen LogP contribution in [0.5, 0.6) is 0 Å². The van der Waals surface area contributed by atoms with Crippen molar-refractivity contribution in [2.45, 2.75) is 12.5 Å². The van der Waals surface area contributed by atoms with Gasteiger partial charge in [0.15, 0.2) is 0 Å². The molecule has 0 radical (unpaired) electrons. The Hall–Kier alpha value is -1.44. The van der Waals surface area contributed by atoms with Gasteiger partial charge in [0.05, 0.1) is 6.42 Å². The third-order valence-corrected chi connectivity index (χ3v) is 2.54. The van der Waals surface area contributed by atoms with E-state index < -0.39 is 30.4 Å². The summed E-state index contributed by atoms with van der Waals surface area (Å²) < 4.78 is 0. The summed E-state index contributed by atoms with van der Waals surface area (Å²) >= 11 is 1.55. The summed E-state index contributed by atoms with van der Waals surface area (Å²) in [5.41, 5.74) is 0. The lowest BCUT2D eigenvalue weighted by Crippen LogP contribution is -2.48. The second-order valence-corrected chi connectivity index (χ2v) is 4.34. The highest BCUT2D eigenvalue weighted by Crippen LogP contribution is 1.97. The van der Waals surface area contributed by atoms with E-state index in [-0.39, 0.29) is 0 Å². The van der Waals surface area contributed by atoms with Gasteiger partial charge in [-0.25, -0.2) is 9.59 Å². The van der Waals surface area contributed by atoms with Crippen LogP contribution in [0.25, 0.3) is 0 Å². The molecular formula is C9H16N2O5S. The standard InChI is InChI=1S/C9H16N2O5S/c1-11(3-4-17-2)9(16)10-6(8(14)15)5-7(12)13/h6H,3-5H2,1-2H3,(H,10,16)(H,12,13)(H,14,15)/t6-/m1/s1. The summed E-state index contributed by atoms with van der Waals surface area (Å²) in [5, 5.41) is 19.4. The fourth-order valence-corrected chi connectivity index (χ4v) is 1.42. The Morgan fingerprint density at radius 2 is 1.94 bits per heavy atom. The Kier molecular flexibility index (Phi) is 7.11. The molecule has 0 fully saturated rings. The van der Waals surface area contributed by atoms with Crippen LogP contribution in [-0.4, -0.2) is 64.7 Å². The van der Waals surface area contributed by atoms with E-state index in [2.05, 4.69) is 5.32 Å². The number of carbonyl (C=O) groups excluding carboxylic acids is 1. The predicted molar refractivity (Wildman–Crippen MR) is 63.2 cm³/mol. The molecule has 0 spiro atoms. The largest absolute Gasteiger partial charge is 0.481 e.